The molecule has 5 rings (SSSR count). The van der Waals surface area contributed by atoms with E-state index < -0.39 is 36.7 Å². The summed E-state index contributed by atoms with van der Waals surface area (Å²) < 4.78 is 45.2. The second kappa shape index (κ2) is 11.6. The predicted molar refractivity (Wildman–Crippen MR) is 160 cm³/mol. The van der Waals surface area contributed by atoms with Crippen molar-refractivity contribution in [3.05, 3.63) is 45.4 Å². The zero-order valence-corrected chi connectivity index (χ0v) is 25.7. The Balaban J connectivity index is 1.42. The van der Waals surface area contributed by atoms with Crippen LogP contribution in [0.4, 0.5) is 35.3 Å². The average Bonchev–Trinajstić information content (AvgIpc) is 3.38. The number of hydrogen-bond acceptors (Lipinski definition) is 6. The van der Waals surface area contributed by atoms with Gasteiger partial charge >= 0.3 is 12.3 Å². The van der Waals surface area contributed by atoms with E-state index in [9.17, 15) is 22.8 Å². The zero-order chi connectivity index (χ0) is 31.3. The predicted octanol–water partition coefficient (Wildman–Crippen LogP) is 6.79. The topological polar surface area (TPSA) is 101 Å². The van der Waals surface area contributed by atoms with Crippen LogP contribution < -0.4 is 20.9 Å². The van der Waals surface area contributed by atoms with E-state index >= 15 is 0 Å². The molecule has 3 N–H and O–H groups in total. The van der Waals surface area contributed by atoms with Crippen LogP contribution in [0.2, 0.25) is 10.0 Å². The lowest BCUT2D eigenvalue weighted by Gasteiger charge is -2.23. The van der Waals surface area contributed by atoms with Crippen LogP contribution in [0.1, 0.15) is 49.5 Å². The van der Waals surface area contributed by atoms with Crippen LogP contribution in [0.5, 0.6) is 0 Å². The van der Waals surface area contributed by atoms with E-state index in [1.54, 1.807) is 50.6 Å². The summed E-state index contributed by atoms with van der Waals surface area (Å²) in [5.74, 6) is 0.933. The van der Waals surface area contributed by atoms with E-state index in [2.05, 4.69) is 25.8 Å². The van der Waals surface area contributed by atoms with Gasteiger partial charge in [-0.05, 0) is 62.8 Å². The van der Waals surface area contributed by atoms with Gasteiger partial charge in [-0.25, -0.2) is 9.78 Å². The largest absolute Gasteiger partial charge is 0.444 e. The van der Waals surface area contributed by atoms with E-state index in [0.29, 0.717) is 50.8 Å². The number of benzene rings is 2. The highest BCUT2D eigenvalue weighted by molar-refractivity contribution is 6.39. The van der Waals surface area contributed by atoms with E-state index in [1.807, 2.05) is 6.07 Å². The Bertz CT molecular complexity index is 1560. The third kappa shape index (κ3) is 7.23. The van der Waals surface area contributed by atoms with Gasteiger partial charge in [-0.3, -0.25) is 4.79 Å². The van der Waals surface area contributed by atoms with Crippen LogP contribution in [0.3, 0.4) is 0 Å². The molecule has 3 aromatic rings. The number of aromatic nitrogens is 2. The molecule has 1 aliphatic heterocycles. The fraction of sp³-hybridized carbons (Fsp3) is 0.483. The molecule has 0 bridgehead atoms. The normalized spacial score (nSPS) is 18.0. The second-order valence-corrected chi connectivity index (χ2v) is 12.8. The van der Waals surface area contributed by atoms with Crippen LogP contribution in [-0.4, -0.2) is 53.0 Å². The maximum atomic E-state index is 13.1. The Kier molecular flexibility index (Phi) is 8.38. The first-order chi connectivity index (χ1) is 20.1. The van der Waals surface area contributed by atoms with Gasteiger partial charge in [0.1, 0.15) is 5.60 Å². The molecule has 43 heavy (non-hydrogen) atoms. The van der Waals surface area contributed by atoms with Crippen LogP contribution in [-0.2, 0) is 18.3 Å². The number of alkyl halides is 3. The molecule has 2 amide bonds. The fourth-order valence-corrected chi connectivity index (χ4v) is 5.76. The molecule has 2 aliphatic rings. The number of imidazole rings is 1. The quantitative estimate of drug-likeness (QED) is 0.251. The summed E-state index contributed by atoms with van der Waals surface area (Å²) in [4.78, 5) is 32.0. The third-order valence-corrected chi connectivity index (χ3v) is 8.23. The monoisotopic (exact) mass is 640 g/mol. The van der Waals surface area contributed by atoms with Crippen molar-refractivity contribution in [3.63, 3.8) is 0 Å². The minimum Gasteiger partial charge on any atom is -0.444 e. The molecule has 14 heteroatoms. The first-order valence-electron chi connectivity index (χ1n) is 13.9. The number of halogens is 5. The standard InChI is InChI=1S/C29H33Cl2F3N6O3/c1-28(2,3)43-27(42)36-12-15-5-6-19(30)24(23(15)31)38-26-37-20-10-18(25(41)35-8-7-29(32,33)34)21(11-22(20)39(26)4)40-13-16-9-17(16)14-40/h5-6,10-11,16-17H,7-9,12-14H2,1-4H3,(H,35,41)(H,36,42)(H,37,38)/t16-,17?/m0/s1. The number of fused-ring (bicyclic) bond motifs is 2. The number of hydrogen-bond donors (Lipinski definition) is 3. The van der Waals surface area contributed by atoms with Gasteiger partial charge in [0, 0.05) is 33.2 Å². The molecule has 1 unspecified atom stereocenters. The van der Waals surface area contributed by atoms with Gasteiger partial charge < -0.3 is 30.2 Å². The van der Waals surface area contributed by atoms with Gasteiger partial charge in [-0.15, -0.1) is 0 Å². The number of aryl methyl sites for hydroxylation is 1. The molecule has 1 saturated carbocycles. The van der Waals surface area contributed by atoms with E-state index in [0.717, 1.165) is 19.5 Å². The van der Waals surface area contributed by atoms with E-state index in [-0.39, 0.29) is 17.1 Å². The van der Waals surface area contributed by atoms with E-state index in [4.69, 9.17) is 27.9 Å². The molecule has 2 aromatic carbocycles. The van der Waals surface area contributed by atoms with Crippen molar-refractivity contribution in [2.45, 2.75) is 51.9 Å². The van der Waals surface area contributed by atoms with Gasteiger partial charge in [0.15, 0.2) is 0 Å². The van der Waals surface area contributed by atoms with Crippen LogP contribution in [0.25, 0.3) is 11.0 Å². The zero-order valence-electron chi connectivity index (χ0n) is 24.2. The molecule has 2 atom stereocenters. The van der Waals surface area contributed by atoms with Gasteiger partial charge in [-0.2, -0.15) is 13.2 Å². The highest BCUT2D eigenvalue weighted by atomic mass is 35.5. The average molecular weight is 642 g/mol. The molecular formula is C29H33Cl2F3N6O3. The van der Waals surface area contributed by atoms with Crippen molar-refractivity contribution < 1.29 is 27.5 Å². The molecule has 1 aromatic heterocycles. The van der Waals surface area contributed by atoms with Crippen LogP contribution >= 0.6 is 23.2 Å². The Morgan fingerprint density at radius 1 is 1.09 bits per heavy atom. The SMILES string of the molecule is Cn1c(Nc2c(Cl)ccc(CNC(=O)OC(C)(C)C)c2Cl)nc2cc(C(=O)NCCC(F)(F)F)c(N3CC4C[C@H]4C3)cc21. The fourth-order valence-electron chi connectivity index (χ4n) is 5.23. The van der Waals surface area contributed by atoms with Crippen molar-refractivity contribution >= 4 is 63.6 Å². The number of carbonyl (C=O) groups excluding carboxylic acids is 2. The first kappa shape index (κ1) is 31.1. The summed E-state index contributed by atoms with van der Waals surface area (Å²) in [7, 11) is 1.79. The highest BCUT2D eigenvalue weighted by Crippen LogP contribution is 2.47. The summed E-state index contributed by atoms with van der Waals surface area (Å²) in [5, 5.41) is 8.85. The van der Waals surface area contributed by atoms with Crippen molar-refractivity contribution in [3.8, 4) is 0 Å². The molecule has 232 valence electrons. The molecule has 0 radical (unpaired) electrons. The number of alkyl carbamates (subject to hydrolysis) is 1. The van der Waals surface area contributed by atoms with Gasteiger partial charge in [0.05, 0.1) is 44.4 Å². The Morgan fingerprint density at radius 2 is 1.79 bits per heavy atom. The van der Waals surface area contributed by atoms with Crippen molar-refractivity contribution in [1.82, 2.24) is 20.2 Å². The van der Waals surface area contributed by atoms with Crippen molar-refractivity contribution in [1.29, 1.82) is 0 Å². The highest BCUT2D eigenvalue weighted by Gasteiger charge is 2.45. The number of rotatable bonds is 8. The van der Waals surface area contributed by atoms with E-state index in [1.165, 1.54) is 0 Å². The van der Waals surface area contributed by atoms with Crippen LogP contribution in [0, 0.1) is 11.8 Å². The van der Waals surface area contributed by atoms with Crippen molar-refractivity contribution in [2.75, 3.05) is 29.9 Å². The molecule has 2 fully saturated rings. The number of piperidine rings is 1. The smallest absolute Gasteiger partial charge is 0.407 e. The third-order valence-electron chi connectivity index (χ3n) is 7.49. The lowest BCUT2D eigenvalue weighted by Crippen LogP contribution is -2.32. The Labute approximate surface area is 257 Å². The van der Waals surface area contributed by atoms with Crippen molar-refractivity contribution in [2.24, 2.45) is 18.9 Å². The molecule has 9 nitrogen and oxygen atoms in total. The summed E-state index contributed by atoms with van der Waals surface area (Å²) >= 11 is 13.2. The molecule has 1 saturated heterocycles. The minimum absolute atomic E-state index is 0.0934. The number of ether oxygens (including phenoxy) is 1. The van der Waals surface area contributed by atoms with Gasteiger partial charge in [-0.1, -0.05) is 29.3 Å². The second-order valence-electron chi connectivity index (χ2n) is 12.0. The van der Waals surface area contributed by atoms with Gasteiger partial charge in [0.25, 0.3) is 5.91 Å². The number of carbonyl (C=O) groups is 2. The maximum absolute atomic E-state index is 13.1. The lowest BCUT2D eigenvalue weighted by atomic mass is 10.1. The molecular weight excluding hydrogens is 608 g/mol. The number of nitrogens with zero attached hydrogens (tertiary/aromatic N) is 3. The summed E-state index contributed by atoms with van der Waals surface area (Å²) in [6.45, 7) is 6.45. The Hall–Kier alpha value is -3.38. The lowest BCUT2D eigenvalue weighted by molar-refractivity contribution is -0.133. The summed E-state index contributed by atoms with van der Waals surface area (Å²) in [6, 6.07) is 6.79. The minimum atomic E-state index is -4.37. The summed E-state index contributed by atoms with van der Waals surface area (Å²) in [5.41, 5.74) is 2.41. The number of amides is 2. The molecule has 1 aliphatic carbocycles. The van der Waals surface area contributed by atoms with Crippen LogP contribution in [0.15, 0.2) is 24.3 Å². The number of anilines is 3. The Morgan fingerprint density at radius 3 is 2.44 bits per heavy atom. The number of nitrogens with one attached hydrogen (secondary N) is 3. The maximum Gasteiger partial charge on any atom is 0.407 e. The summed E-state index contributed by atoms with van der Waals surface area (Å²) in [6.07, 6.45) is -4.92. The first-order valence-corrected chi connectivity index (χ1v) is 14.7. The van der Waals surface area contributed by atoms with Gasteiger partial charge in [0.2, 0.25) is 5.95 Å². The molecule has 2 heterocycles. The molecule has 0 spiro atoms.